The largest absolute Gasteiger partial charge is 0.377 e. The fourth-order valence-corrected chi connectivity index (χ4v) is 2.68. The molecule has 4 heteroatoms. The van der Waals surface area contributed by atoms with Crippen LogP contribution >= 0.6 is 0 Å². The van der Waals surface area contributed by atoms with Gasteiger partial charge in [0.2, 0.25) is 0 Å². The molecule has 114 valence electrons. The number of hydrogen-bond donors (Lipinski definition) is 2. The fraction of sp³-hybridized carbons (Fsp3) is 0.471. The van der Waals surface area contributed by atoms with E-state index in [1.54, 1.807) is 0 Å². The molecular formula is C17H25N3O. The lowest BCUT2D eigenvalue weighted by Gasteiger charge is -2.29. The highest BCUT2D eigenvalue weighted by Crippen LogP contribution is 2.17. The van der Waals surface area contributed by atoms with Crippen molar-refractivity contribution >= 4 is 10.9 Å². The number of nitrogens with one attached hydrogen (secondary N) is 1. The summed E-state index contributed by atoms with van der Waals surface area (Å²) >= 11 is 0. The number of pyridine rings is 1. The molecule has 2 unspecified atom stereocenters. The third-order valence-corrected chi connectivity index (χ3v) is 3.71. The Labute approximate surface area is 126 Å². The molecule has 4 nitrogen and oxygen atoms in total. The van der Waals surface area contributed by atoms with E-state index in [0.717, 1.165) is 23.0 Å². The molecule has 2 rings (SSSR count). The van der Waals surface area contributed by atoms with Crippen LogP contribution in [0.4, 0.5) is 0 Å². The van der Waals surface area contributed by atoms with E-state index in [1.807, 2.05) is 25.1 Å². The highest BCUT2D eigenvalue weighted by molar-refractivity contribution is 5.78. The predicted octanol–water partition coefficient (Wildman–Crippen LogP) is 2.67. The molecule has 2 aromatic rings. The monoisotopic (exact) mass is 287 g/mol. The molecule has 0 aliphatic carbocycles. The van der Waals surface area contributed by atoms with Gasteiger partial charge in [0.25, 0.3) is 0 Å². The van der Waals surface area contributed by atoms with Crippen LogP contribution in [0.2, 0.25) is 0 Å². The maximum Gasteiger partial charge on any atom is 0.0767 e. The van der Waals surface area contributed by atoms with Gasteiger partial charge in [0, 0.05) is 24.1 Å². The predicted molar refractivity (Wildman–Crippen MR) is 86.8 cm³/mol. The minimum atomic E-state index is 0.0543. The average Bonchev–Trinajstić information content (AvgIpc) is 2.50. The Balaban J connectivity index is 2.19. The van der Waals surface area contributed by atoms with Crippen LogP contribution in [-0.2, 0) is 11.2 Å². The molecule has 21 heavy (non-hydrogen) atoms. The van der Waals surface area contributed by atoms with Crippen LogP contribution in [0.3, 0.4) is 0 Å². The van der Waals surface area contributed by atoms with Crippen molar-refractivity contribution in [2.24, 2.45) is 11.8 Å². The van der Waals surface area contributed by atoms with Crippen molar-refractivity contribution in [3.05, 3.63) is 42.1 Å². The van der Waals surface area contributed by atoms with Gasteiger partial charge >= 0.3 is 0 Å². The van der Waals surface area contributed by atoms with Crippen molar-refractivity contribution in [2.45, 2.75) is 39.3 Å². The number of aromatic nitrogens is 1. The first-order valence-corrected chi connectivity index (χ1v) is 7.58. The van der Waals surface area contributed by atoms with E-state index >= 15 is 0 Å². The zero-order valence-electron chi connectivity index (χ0n) is 13.0. The van der Waals surface area contributed by atoms with Crippen LogP contribution in [0.1, 0.15) is 26.5 Å². The second kappa shape index (κ2) is 7.50. The Hall–Kier alpha value is -1.49. The molecule has 0 amide bonds. The molecular weight excluding hydrogens is 262 g/mol. The third-order valence-electron chi connectivity index (χ3n) is 3.71. The number of hydrogen-bond acceptors (Lipinski definition) is 4. The summed E-state index contributed by atoms with van der Waals surface area (Å²) in [6.07, 6.45) is 0.831. The number of ether oxygens (including phenoxy) is 1. The standard InChI is InChI=1S/C17H25N3O/c1-4-21-17(12(2)3)16(20-18)11-14-10-9-13-7-5-6-8-15(13)19-14/h5-10,12,16-17,20H,4,11,18H2,1-3H3. The number of fused-ring (bicyclic) bond motifs is 1. The van der Waals surface area contributed by atoms with E-state index in [1.165, 1.54) is 0 Å². The van der Waals surface area contributed by atoms with Gasteiger partial charge in [0.15, 0.2) is 0 Å². The summed E-state index contributed by atoms with van der Waals surface area (Å²) in [5.41, 5.74) is 4.95. The first kappa shape index (κ1) is 15.9. The Morgan fingerprint density at radius 1 is 1.19 bits per heavy atom. The molecule has 0 fully saturated rings. The molecule has 1 aromatic carbocycles. The van der Waals surface area contributed by atoms with Gasteiger partial charge in [0.1, 0.15) is 0 Å². The Morgan fingerprint density at radius 3 is 2.62 bits per heavy atom. The van der Waals surface area contributed by atoms with Crippen molar-refractivity contribution in [3.8, 4) is 0 Å². The van der Waals surface area contributed by atoms with Gasteiger partial charge in [0.05, 0.1) is 17.7 Å². The maximum atomic E-state index is 5.85. The minimum Gasteiger partial charge on any atom is -0.377 e. The van der Waals surface area contributed by atoms with E-state index in [2.05, 4.69) is 37.5 Å². The SMILES string of the molecule is CCOC(C(C)C)C(Cc1ccc2ccccc2n1)NN. The van der Waals surface area contributed by atoms with Crippen molar-refractivity contribution in [1.29, 1.82) is 0 Å². The number of hydrazine groups is 1. The third kappa shape index (κ3) is 4.00. The van der Waals surface area contributed by atoms with Crippen LogP contribution in [-0.4, -0.2) is 23.7 Å². The van der Waals surface area contributed by atoms with Crippen LogP contribution in [0, 0.1) is 5.92 Å². The summed E-state index contributed by atoms with van der Waals surface area (Å²) in [6.45, 7) is 7.00. The second-order valence-electron chi connectivity index (χ2n) is 5.64. The molecule has 0 aliphatic heterocycles. The lowest BCUT2D eigenvalue weighted by Crippen LogP contribution is -2.49. The molecule has 1 heterocycles. The number of nitrogens with two attached hydrogens (primary N) is 1. The van der Waals surface area contributed by atoms with E-state index < -0.39 is 0 Å². The van der Waals surface area contributed by atoms with Crippen LogP contribution in [0.15, 0.2) is 36.4 Å². The molecule has 3 N–H and O–H groups in total. The Kier molecular flexibility index (Phi) is 5.67. The number of rotatable bonds is 7. The summed E-state index contributed by atoms with van der Waals surface area (Å²) in [4.78, 5) is 4.71. The normalized spacial score (nSPS) is 14.5. The molecule has 0 saturated carbocycles. The topological polar surface area (TPSA) is 60.2 Å². The van der Waals surface area contributed by atoms with Gasteiger partial charge in [-0.25, -0.2) is 0 Å². The summed E-state index contributed by atoms with van der Waals surface area (Å²) in [7, 11) is 0. The number of nitrogens with zero attached hydrogens (tertiary/aromatic N) is 1. The van der Waals surface area contributed by atoms with Gasteiger partial charge in [-0.2, -0.15) is 0 Å². The zero-order valence-corrected chi connectivity index (χ0v) is 13.0. The van der Waals surface area contributed by atoms with E-state index in [0.29, 0.717) is 12.5 Å². The average molecular weight is 287 g/mol. The smallest absolute Gasteiger partial charge is 0.0767 e. The molecule has 0 radical (unpaired) electrons. The zero-order chi connectivity index (χ0) is 15.2. The van der Waals surface area contributed by atoms with Crippen molar-refractivity contribution in [3.63, 3.8) is 0 Å². The molecule has 0 spiro atoms. The summed E-state index contributed by atoms with van der Waals surface area (Å²) in [5.74, 6) is 6.14. The lowest BCUT2D eigenvalue weighted by atomic mass is 9.96. The number of para-hydroxylation sites is 1. The van der Waals surface area contributed by atoms with Gasteiger partial charge in [-0.1, -0.05) is 38.1 Å². The van der Waals surface area contributed by atoms with Crippen molar-refractivity contribution in [2.75, 3.05) is 6.61 Å². The fourth-order valence-electron chi connectivity index (χ4n) is 2.68. The van der Waals surface area contributed by atoms with Gasteiger partial charge in [-0.3, -0.25) is 16.3 Å². The quantitative estimate of drug-likeness (QED) is 0.607. The Bertz CT molecular complexity index is 571. The van der Waals surface area contributed by atoms with E-state index in [4.69, 9.17) is 15.6 Å². The summed E-state index contributed by atoms with van der Waals surface area (Å²) < 4.78 is 5.85. The van der Waals surface area contributed by atoms with Crippen molar-refractivity contribution < 1.29 is 4.74 Å². The lowest BCUT2D eigenvalue weighted by molar-refractivity contribution is 0.00336. The highest BCUT2D eigenvalue weighted by atomic mass is 16.5. The number of benzene rings is 1. The first-order valence-electron chi connectivity index (χ1n) is 7.58. The molecule has 1 aromatic heterocycles. The van der Waals surface area contributed by atoms with Crippen LogP contribution in [0.5, 0.6) is 0 Å². The summed E-state index contributed by atoms with van der Waals surface area (Å²) in [6, 6.07) is 12.4. The van der Waals surface area contributed by atoms with Gasteiger partial charge in [-0.15, -0.1) is 0 Å². The van der Waals surface area contributed by atoms with Gasteiger partial charge in [-0.05, 0) is 25.0 Å². The molecule has 0 bridgehead atoms. The highest BCUT2D eigenvalue weighted by Gasteiger charge is 2.24. The first-order chi connectivity index (χ1) is 10.2. The van der Waals surface area contributed by atoms with Gasteiger partial charge < -0.3 is 4.74 Å². The summed E-state index contributed by atoms with van der Waals surface area (Å²) in [5, 5.41) is 1.16. The van der Waals surface area contributed by atoms with E-state index in [-0.39, 0.29) is 12.1 Å². The Morgan fingerprint density at radius 2 is 1.95 bits per heavy atom. The van der Waals surface area contributed by atoms with Crippen LogP contribution in [0.25, 0.3) is 10.9 Å². The van der Waals surface area contributed by atoms with E-state index in [9.17, 15) is 0 Å². The molecule has 2 atom stereocenters. The minimum absolute atomic E-state index is 0.0543. The maximum absolute atomic E-state index is 5.85. The molecule has 0 saturated heterocycles. The second-order valence-corrected chi connectivity index (χ2v) is 5.64. The molecule has 0 aliphatic rings. The van der Waals surface area contributed by atoms with Crippen molar-refractivity contribution in [1.82, 2.24) is 10.4 Å². The van der Waals surface area contributed by atoms with Crippen LogP contribution < -0.4 is 11.3 Å².